The first-order chi connectivity index (χ1) is 15.6. The van der Waals surface area contributed by atoms with Gasteiger partial charge in [-0.25, -0.2) is 9.37 Å². The number of hydrogen-bond acceptors (Lipinski definition) is 5. The van der Waals surface area contributed by atoms with Crippen molar-refractivity contribution in [2.75, 3.05) is 13.7 Å². The number of halogens is 1. The SMILES string of the molecule is COC[C@@H](C)N(Cc1ccccc1F)C(=O)c1cc(-c2ccncc2)c2cnccc2n1. The largest absolute Gasteiger partial charge is 0.383 e. The van der Waals surface area contributed by atoms with Gasteiger partial charge >= 0.3 is 0 Å². The number of nitrogens with zero attached hydrogens (tertiary/aromatic N) is 4. The predicted molar refractivity (Wildman–Crippen MR) is 120 cm³/mol. The molecule has 0 unspecified atom stereocenters. The van der Waals surface area contributed by atoms with Gasteiger partial charge in [-0.3, -0.25) is 14.8 Å². The van der Waals surface area contributed by atoms with E-state index in [0.717, 1.165) is 16.5 Å². The Morgan fingerprint density at radius 1 is 1.09 bits per heavy atom. The predicted octanol–water partition coefficient (Wildman–Crippen LogP) is 4.51. The van der Waals surface area contributed by atoms with Gasteiger partial charge in [0.05, 0.1) is 18.2 Å². The molecule has 0 saturated heterocycles. The zero-order chi connectivity index (χ0) is 22.5. The van der Waals surface area contributed by atoms with Crippen LogP contribution in [0.2, 0.25) is 0 Å². The molecule has 0 aliphatic heterocycles. The van der Waals surface area contributed by atoms with Gasteiger partial charge in [0.2, 0.25) is 0 Å². The van der Waals surface area contributed by atoms with Crippen LogP contribution in [0.5, 0.6) is 0 Å². The molecular weight excluding hydrogens is 407 g/mol. The Kier molecular flexibility index (Phi) is 6.47. The summed E-state index contributed by atoms with van der Waals surface area (Å²) in [6, 6.07) is 13.5. The molecule has 0 fully saturated rings. The molecule has 0 aliphatic carbocycles. The lowest BCUT2D eigenvalue weighted by molar-refractivity contribution is 0.0534. The van der Waals surface area contributed by atoms with Gasteiger partial charge in [0.15, 0.2) is 0 Å². The average molecular weight is 430 g/mol. The van der Waals surface area contributed by atoms with Gasteiger partial charge in [-0.05, 0) is 48.4 Å². The number of carbonyl (C=O) groups excluding carboxylic acids is 1. The maximum Gasteiger partial charge on any atom is 0.273 e. The first-order valence-corrected chi connectivity index (χ1v) is 10.3. The highest BCUT2D eigenvalue weighted by Gasteiger charge is 2.25. The summed E-state index contributed by atoms with van der Waals surface area (Å²) in [6.07, 6.45) is 6.77. The van der Waals surface area contributed by atoms with Gasteiger partial charge in [-0.2, -0.15) is 0 Å². The van der Waals surface area contributed by atoms with Crippen LogP contribution in [0.4, 0.5) is 4.39 Å². The van der Waals surface area contributed by atoms with E-state index in [9.17, 15) is 9.18 Å². The van der Waals surface area contributed by atoms with Crippen molar-refractivity contribution in [2.24, 2.45) is 0 Å². The van der Waals surface area contributed by atoms with E-state index >= 15 is 0 Å². The Bertz CT molecular complexity index is 1230. The minimum atomic E-state index is -0.357. The van der Waals surface area contributed by atoms with Crippen molar-refractivity contribution in [3.63, 3.8) is 0 Å². The number of pyridine rings is 3. The Labute approximate surface area is 185 Å². The Morgan fingerprint density at radius 2 is 1.84 bits per heavy atom. The van der Waals surface area contributed by atoms with Gasteiger partial charge in [0.25, 0.3) is 5.91 Å². The second-order valence-electron chi connectivity index (χ2n) is 7.51. The summed E-state index contributed by atoms with van der Waals surface area (Å²) < 4.78 is 19.6. The lowest BCUT2D eigenvalue weighted by Gasteiger charge is -2.29. The smallest absolute Gasteiger partial charge is 0.273 e. The molecule has 3 heterocycles. The van der Waals surface area contributed by atoms with E-state index in [1.54, 1.807) is 67.1 Å². The molecule has 0 N–H and O–H groups in total. The van der Waals surface area contributed by atoms with Crippen molar-refractivity contribution in [1.29, 1.82) is 0 Å². The van der Waals surface area contributed by atoms with Crippen LogP contribution in [0.1, 0.15) is 23.0 Å². The minimum absolute atomic E-state index is 0.108. The number of rotatable bonds is 7. The van der Waals surface area contributed by atoms with Gasteiger partial charge in [0.1, 0.15) is 11.5 Å². The number of ether oxygens (including phenoxy) is 1. The van der Waals surface area contributed by atoms with Crippen molar-refractivity contribution in [3.8, 4) is 11.1 Å². The second kappa shape index (κ2) is 9.62. The van der Waals surface area contributed by atoms with Crippen molar-refractivity contribution >= 4 is 16.8 Å². The fourth-order valence-corrected chi connectivity index (χ4v) is 3.66. The molecule has 3 aromatic heterocycles. The standard InChI is InChI=1S/C25H23FN4O2/c1-17(16-32-2)30(15-19-5-3-4-6-22(19)26)25(31)24-13-20(18-7-10-27-11-8-18)21-14-28-12-9-23(21)29-24/h3-14,17H,15-16H2,1-2H3/t17-/m1/s1. The van der Waals surface area contributed by atoms with Gasteiger partial charge in [-0.15, -0.1) is 0 Å². The fraction of sp³-hybridized carbons (Fsp3) is 0.200. The zero-order valence-electron chi connectivity index (χ0n) is 17.9. The van der Waals surface area contributed by atoms with Crippen molar-refractivity contribution in [1.82, 2.24) is 19.9 Å². The summed E-state index contributed by atoms with van der Waals surface area (Å²) in [5.74, 6) is -0.656. The Balaban J connectivity index is 1.80. The molecule has 6 nitrogen and oxygen atoms in total. The van der Waals surface area contributed by atoms with Crippen molar-refractivity contribution in [3.05, 3.63) is 90.4 Å². The van der Waals surface area contributed by atoms with E-state index in [0.29, 0.717) is 17.7 Å². The van der Waals surface area contributed by atoms with E-state index in [4.69, 9.17) is 4.74 Å². The maximum absolute atomic E-state index is 14.4. The molecule has 1 aromatic carbocycles. The van der Waals surface area contributed by atoms with E-state index in [1.165, 1.54) is 6.07 Å². The number of carbonyl (C=O) groups is 1. The normalized spacial score (nSPS) is 12.0. The molecule has 4 aromatic rings. The highest BCUT2D eigenvalue weighted by Crippen LogP contribution is 2.28. The van der Waals surface area contributed by atoms with E-state index in [2.05, 4.69) is 15.0 Å². The minimum Gasteiger partial charge on any atom is -0.383 e. The number of amides is 1. The molecule has 0 aliphatic rings. The van der Waals surface area contributed by atoms with Crippen LogP contribution in [-0.2, 0) is 11.3 Å². The quantitative estimate of drug-likeness (QED) is 0.432. The molecule has 162 valence electrons. The first kappa shape index (κ1) is 21.5. The monoisotopic (exact) mass is 430 g/mol. The summed E-state index contributed by atoms with van der Waals surface area (Å²) >= 11 is 0. The van der Waals surface area contributed by atoms with Gasteiger partial charge in [0, 0.05) is 49.4 Å². The molecule has 7 heteroatoms. The average Bonchev–Trinajstić information content (AvgIpc) is 2.83. The Hall–Kier alpha value is -3.71. The van der Waals surface area contributed by atoms with Gasteiger partial charge < -0.3 is 9.64 Å². The van der Waals surface area contributed by atoms with E-state index < -0.39 is 0 Å². The molecule has 0 bridgehead atoms. The third-order valence-electron chi connectivity index (χ3n) is 5.32. The summed E-state index contributed by atoms with van der Waals surface area (Å²) in [5, 5.41) is 0.834. The number of hydrogen-bond donors (Lipinski definition) is 0. The van der Waals surface area contributed by atoms with Crippen LogP contribution < -0.4 is 0 Å². The van der Waals surface area contributed by atoms with Crippen LogP contribution in [-0.4, -0.2) is 45.5 Å². The maximum atomic E-state index is 14.4. The number of methoxy groups -OCH3 is 1. The van der Waals surface area contributed by atoms with Crippen LogP contribution in [0.3, 0.4) is 0 Å². The summed E-state index contributed by atoms with van der Waals surface area (Å²) in [5.41, 5.74) is 3.10. The van der Waals surface area contributed by atoms with Crippen LogP contribution >= 0.6 is 0 Å². The van der Waals surface area contributed by atoms with E-state index in [1.807, 2.05) is 19.1 Å². The summed E-state index contributed by atoms with van der Waals surface area (Å²) in [7, 11) is 1.57. The molecule has 0 radical (unpaired) electrons. The molecule has 0 spiro atoms. The third-order valence-corrected chi connectivity index (χ3v) is 5.32. The highest BCUT2D eigenvalue weighted by molar-refractivity contribution is 6.01. The lowest BCUT2D eigenvalue weighted by atomic mass is 10.0. The van der Waals surface area contributed by atoms with Gasteiger partial charge in [-0.1, -0.05) is 18.2 Å². The molecule has 4 rings (SSSR count). The number of fused-ring (bicyclic) bond motifs is 1. The molecule has 32 heavy (non-hydrogen) atoms. The van der Waals surface area contributed by atoms with Crippen LogP contribution in [0, 0.1) is 5.82 Å². The van der Waals surface area contributed by atoms with Crippen LogP contribution in [0.25, 0.3) is 22.0 Å². The van der Waals surface area contributed by atoms with Crippen LogP contribution in [0.15, 0.2) is 73.3 Å². The fourth-order valence-electron chi connectivity index (χ4n) is 3.66. The summed E-state index contributed by atoms with van der Waals surface area (Å²) in [6.45, 7) is 2.29. The first-order valence-electron chi connectivity index (χ1n) is 10.3. The lowest BCUT2D eigenvalue weighted by Crippen LogP contribution is -2.41. The third kappa shape index (κ3) is 4.48. The summed E-state index contributed by atoms with van der Waals surface area (Å²) in [4.78, 5) is 28.2. The zero-order valence-corrected chi connectivity index (χ0v) is 17.9. The Morgan fingerprint density at radius 3 is 2.59 bits per heavy atom. The molecular formula is C25H23FN4O2. The molecule has 0 saturated carbocycles. The molecule has 1 atom stereocenters. The number of aromatic nitrogens is 3. The second-order valence-corrected chi connectivity index (χ2v) is 7.51. The highest BCUT2D eigenvalue weighted by atomic mass is 19.1. The van der Waals surface area contributed by atoms with Crippen molar-refractivity contribution < 1.29 is 13.9 Å². The van der Waals surface area contributed by atoms with Crippen molar-refractivity contribution in [2.45, 2.75) is 19.5 Å². The van der Waals surface area contributed by atoms with E-state index in [-0.39, 0.29) is 30.0 Å². The molecule has 1 amide bonds. The topological polar surface area (TPSA) is 68.2 Å². The number of benzene rings is 1.